The molecule has 2 amide bonds. The molecule has 160 valence electrons. The van der Waals surface area contributed by atoms with Crippen LogP contribution in [0.4, 0.5) is 17.2 Å². The van der Waals surface area contributed by atoms with Crippen molar-refractivity contribution < 1.29 is 15.7 Å². The number of ether oxygens (including phenoxy) is 1. The second-order valence-corrected chi connectivity index (χ2v) is 7.01. The molecule has 0 saturated heterocycles. The van der Waals surface area contributed by atoms with Crippen LogP contribution in [0.3, 0.4) is 0 Å². The SMILES string of the molecule is [2H]CNC(=O)c1nnc(NC(=O)C2CC2)cc1Nc1cccc(-c2ncn(C)n2)c1OC. The van der Waals surface area contributed by atoms with Crippen LogP contribution >= 0.6 is 0 Å². The van der Waals surface area contributed by atoms with Gasteiger partial charge in [-0.25, -0.2) is 4.98 Å². The van der Waals surface area contributed by atoms with E-state index in [1.807, 2.05) is 6.07 Å². The summed E-state index contributed by atoms with van der Waals surface area (Å²) in [5.74, 6) is 0.442. The van der Waals surface area contributed by atoms with Crippen molar-refractivity contribution in [1.82, 2.24) is 30.3 Å². The van der Waals surface area contributed by atoms with Gasteiger partial charge in [0.1, 0.15) is 6.33 Å². The maximum atomic E-state index is 12.4. The lowest BCUT2D eigenvalue weighted by Gasteiger charge is -2.16. The fourth-order valence-electron chi connectivity index (χ4n) is 3.01. The third-order valence-corrected chi connectivity index (χ3v) is 4.70. The Bertz CT molecular complexity index is 1160. The number of carbonyl (C=O) groups is 2. The third kappa shape index (κ3) is 4.29. The molecule has 1 aliphatic rings. The number of methoxy groups -OCH3 is 1. The third-order valence-electron chi connectivity index (χ3n) is 4.70. The van der Waals surface area contributed by atoms with Crippen molar-refractivity contribution in [2.75, 3.05) is 24.8 Å². The van der Waals surface area contributed by atoms with Gasteiger partial charge in [0.2, 0.25) is 5.91 Å². The van der Waals surface area contributed by atoms with Gasteiger partial charge in [0.15, 0.2) is 23.1 Å². The van der Waals surface area contributed by atoms with Gasteiger partial charge in [0, 0.05) is 27.4 Å². The first-order valence-electron chi connectivity index (χ1n) is 10.3. The zero-order valence-electron chi connectivity index (χ0n) is 18.0. The fourth-order valence-corrected chi connectivity index (χ4v) is 3.01. The van der Waals surface area contributed by atoms with Crippen LogP contribution in [-0.4, -0.2) is 50.9 Å². The van der Waals surface area contributed by atoms with Crippen molar-refractivity contribution in [3.05, 3.63) is 36.3 Å². The van der Waals surface area contributed by atoms with Crippen LogP contribution in [0.25, 0.3) is 11.4 Å². The van der Waals surface area contributed by atoms with Gasteiger partial charge in [0.25, 0.3) is 5.91 Å². The maximum Gasteiger partial charge on any atom is 0.273 e. The Kier molecular flexibility index (Phi) is 5.13. The zero-order chi connectivity index (χ0) is 22.7. The van der Waals surface area contributed by atoms with Crippen molar-refractivity contribution in [2.24, 2.45) is 13.0 Å². The van der Waals surface area contributed by atoms with Crippen LogP contribution in [0.15, 0.2) is 30.6 Å². The van der Waals surface area contributed by atoms with Gasteiger partial charge in [-0.05, 0) is 25.0 Å². The number of nitrogens with one attached hydrogen (secondary N) is 3. The van der Waals surface area contributed by atoms with Gasteiger partial charge in [-0.3, -0.25) is 14.3 Å². The summed E-state index contributed by atoms with van der Waals surface area (Å²) >= 11 is 0. The molecule has 0 atom stereocenters. The molecule has 31 heavy (non-hydrogen) atoms. The van der Waals surface area contributed by atoms with Gasteiger partial charge in [-0.1, -0.05) is 6.07 Å². The number of hydrogen-bond donors (Lipinski definition) is 3. The summed E-state index contributed by atoms with van der Waals surface area (Å²) < 4.78 is 14.4. The van der Waals surface area contributed by atoms with Crippen LogP contribution < -0.4 is 20.7 Å². The van der Waals surface area contributed by atoms with E-state index in [0.717, 1.165) is 12.8 Å². The van der Waals surface area contributed by atoms with E-state index < -0.39 is 5.91 Å². The first-order chi connectivity index (χ1) is 15.5. The van der Waals surface area contributed by atoms with Crippen molar-refractivity contribution in [3.8, 4) is 17.1 Å². The van der Waals surface area contributed by atoms with E-state index >= 15 is 0 Å². The Labute approximate surface area is 179 Å². The van der Waals surface area contributed by atoms with Crippen LogP contribution in [0, 0.1) is 5.92 Å². The van der Waals surface area contributed by atoms with Gasteiger partial charge < -0.3 is 20.7 Å². The van der Waals surface area contributed by atoms with E-state index in [2.05, 4.69) is 36.2 Å². The standard InChI is InChI=1S/C20H22N8O3/c1-21-20(30)16-14(9-15(25-26-16)24-19(29)11-7-8-11)23-13-6-4-5-12(17(13)31-3)18-22-10-28(2)27-18/h4-6,9-11H,7-8H2,1-3H3,(H,21,30)(H2,23,24,25,29)/i1D. The highest BCUT2D eigenvalue weighted by molar-refractivity contribution is 6.00. The second kappa shape index (κ2) is 8.38. The number of aryl methyl sites for hydroxylation is 1. The molecular weight excluding hydrogens is 400 g/mol. The van der Waals surface area contributed by atoms with E-state index in [4.69, 9.17) is 6.11 Å². The van der Waals surface area contributed by atoms with E-state index in [1.54, 1.807) is 30.2 Å². The van der Waals surface area contributed by atoms with Crippen molar-refractivity contribution in [3.63, 3.8) is 0 Å². The van der Waals surface area contributed by atoms with E-state index in [0.29, 0.717) is 28.5 Å². The first-order valence-corrected chi connectivity index (χ1v) is 9.56. The summed E-state index contributed by atoms with van der Waals surface area (Å²) in [5, 5.41) is 20.5. The van der Waals surface area contributed by atoms with E-state index in [9.17, 15) is 9.59 Å². The van der Waals surface area contributed by atoms with E-state index in [1.165, 1.54) is 13.2 Å². The maximum absolute atomic E-state index is 12.4. The summed E-state index contributed by atoms with van der Waals surface area (Å²) in [6, 6.07) is 6.90. The number of amides is 2. The Balaban J connectivity index is 1.71. The topological polar surface area (TPSA) is 136 Å². The molecule has 1 saturated carbocycles. The van der Waals surface area contributed by atoms with Gasteiger partial charge >= 0.3 is 0 Å². The number of benzene rings is 1. The molecule has 0 radical (unpaired) electrons. The molecule has 1 aromatic carbocycles. The highest BCUT2D eigenvalue weighted by Crippen LogP contribution is 2.37. The first kappa shape index (κ1) is 19.0. The predicted molar refractivity (Wildman–Crippen MR) is 113 cm³/mol. The Morgan fingerprint density at radius 2 is 2.10 bits per heavy atom. The predicted octanol–water partition coefficient (Wildman–Crippen LogP) is 1.73. The second-order valence-electron chi connectivity index (χ2n) is 7.01. The Hall–Kier alpha value is -4.02. The van der Waals surface area contributed by atoms with Gasteiger partial charge in [0.05, 0.1) is 24.0 Å². The molecule has 2 heterocycles. The molecule has 0 bridgehead atoms. The van der Waals surface area contributed by atoms with Crippen LogP contribution in [-0.2, 0) is 11.8 Å². The molecule has 0 aliphatic heterocycles. The average molecular weight is 423 g/mol. The van der Waals surface area contributed by atoms with Gasteiger partial charge in [-0.15, -0.1) is 10.2 Å². The molecular formula is C20H22N8O3. The lowest BCUT2D eigenvalue weighted by Crippen LogP contribution is -2.22. The summed E-state index contributed by atoms with van der Waals surface area (Å²) in [4.78, 5) is 28.8. The minimum absolute atomic E-state index is 0.0119. The summed E-state index contributed by atoms with van der Waals surface area (Å²) in [6.45, 7) is 0. The lowest BCUT2D eigenvalue weighted by atomic mass is 10.1. The van der Waals surface area contributed by atoms with Gasteiger partial charge in [-0.2, -0.15) is 5.10 Å². The summed E-state index contributed by atoms with van der Waals surface area (Å²) in [6.07, 6.45) is 3.28. The van der Waals surface area contributed by atoms with Crippen LogP contribution in [0.5, 0.6) is 5.75 Å². The number of anilines is 3. The van der Waals surface area contributed by atoms with Crippen molar-refractivity contribution >= 4 is 29.0 Å². The lowest BCUT2D eigenvalue weighted by molar-refractivity contribution is -0.117. The minimum atomic E-state index is -0.573. The Morgan fingerprint density at radius 1 is 1.26 bits per heavy atom. The quantitative estimate of drug-likeness (QED) is 0.523. The highest BCUT2D eigenvalue weighted by atomic mass is 16.5. The molecule has 11 nitrogen and oxygen atoms in total. The number of nitrogens with zero attached hydrogens (tertiary/aromatic N) is 5. The number of aromatic nitrogens is 5. The highest BCUT2D eigenvalue weighted by Gasteiger charge is 2.30. The van der Waals surface area contributed by atoms with Crippen molar-refractivity contribution in [2.45, 2.75) is 12.8 Å². The fraction of sp³-hybridized carbons (Fsp3) is 0.300. The minimum Gasteiger partial charge on any atom is -0.494 e. The molecule has 0 unspecified atom stereocenters. The molecule has 1 fully saturated rings. The van der Waals surface area contributed by atoms with E-state index in [-0.39, 0.29) is 30.4 Å². The molecule has 11 heteroatoms. The zero-order valence-corrected chi connectivity index (χ0v) is 17.0. The molecule has 3 N–H and O–H groups in total. The molecule has 4 rings (SSSR count). The monoisotopic (exact) mass is 423 g/mol. The van der Waals surface area contributed by atoms with Crippen LogP contribution in [0.1, 0.15) is 24.7 Å². The average Bonchev–Trinajstić information content (AvgIpc) is 3.55. The summed E-state index contributed by atoms with van der Waals surface area (Å²) in [7, 11) is 2.97. The summed E-state index contributed by atoms with van der Waals surface area (Å²) in [5.41, 5.74) is 1.45. The number of rotatable bonds is 7. The normalized spacial score (nSPS) is 13.3. The van der Waals surface area contributed by atoms with Crippen molar-refractivity contribution in [1.29, 1.82) is 0 Å². The largest absolute Gasteiger partial charge is 0.494 e. The molecule has 3 aromatic rings. The number of hydrogen-bond acceptors (Lipinski definition) is 8. The number of para-hydroxylation sites is 1. The molecule has 2 aromatic heterocycles. The number of carbonyl (C=O) groups excluding carboxylic acids is 2. The molecule has 1 aliphatic carbocycles. The van der Waals surface area contributed by atoms with Crippen LogP contribution in [0.2, 0.25) is 0 Å². The smallest absolute Gasteiger partial charge is 0.273 e. The Morgan fingerprint density at radius 3 is 2.77 bits per heavy atom. The molecule has 0 spiro atoms.